The molecule has 1 fully saturated rings. The highest BCUT2D eigenvalue weighted by molar-refractivity contribution is 7.66. The molecule has 3 heterocycles. The quantitative estimate of drug-likeness (QED) is 0.139. The zero-order valence-corrected chi connectivity index (χ0v) is 21.4. The standard InChI is InChI=1S/C14H23N6O14P3/c1-2-19-5-8(17-18-19)3-7-4-20(14(23)16-12(7)15)13-11(22)10(21)9(32-13)6-31-36(27,28)34-37(29,30)33-35(24,25)26/h4-5,9-11,13,21-22H,2-3,6H2,1H3,(H,27,28)(H,29,30)(H2,15,16,23)(H2,24,25,26)/t9-,10?,11+,13-/m1/s1. The normalized spacial score (nSPS) is 25.6. The van der Waals surface area contributed by atoms with Crippen LogP contribution in [0.4, 0.5) is 5.82 Å². The van der Waals surface area contributed by atoms with Gasteiger partial charge in [-0.1, -0.05) is 5.21 Å². The molecular weight excluding hydrogens is 569 g/mol. The Morgan fingerprint density at radius 1 is 1.08 bits per heavy atom. The topological polar surface area (TPSA) is 301 Å². The monoisotopic (exact) mass is 592 g/mol. The van der Waals surface area contributed by atoms with Crippen LogP contribution in [0.5, 0.6) is 0 Å². The van der Waals surface area contributed by atoms with E-state index in [2.05, 4.69) is 28.4 Å². The Morgan fingerprint density at radius 2 is 1.76 bits per heavy atom. The van der Waals surface area contributed by atoms with Crippen molar-refractivity contribution in [2.24, 2.45) is 0 Å². The summed E-state index contributed by atoms with van der Waals surface area (Å²) in [6.45, 7) is 1.35. The second kappa shape index (κ2) is 11.1. The van der Waals surface area contributed by atoms with Gasteiger partial charge in [-0.2, -0.15) is 13.6 Å². The zero-order valence-electron chi connectivity index (χ0n) is 18.7. The van der Waals surface area contributed by atoms with Gasteiger partial charge in [0.05, 0.1) is 12.3 Å². The minimum absolute atomic E-state index is 0.0972. The molecule has 0 spiro atoms. The number of ether oxygens (including phenoxy) is 1. The molecule has 2 aromatic heterocycles. The number of aliphatic hydroxyl groups is 2. The first-order valence-corrected chi connectivity index (χ1v) is 14.6. The minimum Gasteiger partial charge on any atom is -0.387 e. The highest BCUT2D eigenvalue weighted by Gasteiger charge is 2.47. The van der Waals surface area contributed by atoms with Gasteiger partial charge >= 0.3 is 29.2 Å². The Labute approximate surface area is 206 Å². The summed E-state index contributed by atoms with van der Waals surface area (Å²) in [6.07, 6.45) is -3.82. The summed E-state index contributed by atoms with van der Waals surface area (Å²) in [5.74, 6) is -0.135. The summed E-state index contributed by atoms with van der Waals surface area (Å²) in [5.41, 5.74) is 5.64. The molecule has 0 bridgehead atoms. The lowest BCUT2D eigenvalue weighted by Gasteiger charge is -2.19. The second-order valence-electron chi connectivity index (χ2n) is 7.52. The van der Waals surface area contributed by atoms with Crippen molar-refractivity contribution in [1.29, 1.82) is 0 Å². The van der Waals surface area contributed by atoms with E-state index in [0.717, 1.165) is 4.57 Å². The van der Waals surface area contributed by atoms with Crippen LogP contribution in [0.15, 0.2) is 17.2 Å². The smallest absolute Gasteiger partial charge is 0.387 e. The fraction of sp³-hybridized carbons (Fsp3) is 0.571. The highest BCUT2D eigenvalue weighted by Crippen LogP contribution is 2.66. The molecular formula is C14H23N6O14P3. The van der Waals surface area contributed by atoms with Crippen LogP contribution in [0.3, 0.4) is 0 Å². The van der Waals surface area contributed by atoms with Gasteiger partial charge in [0.25, 0.3) is 0 Å². The van der Waals surface area contributed by atoms with E-state index in [4.69, 9.17) is 20.3 Å². The van der Waals surface area contributed by atoms with E-state index < -0.39 is 60.3 Å². The molecule has 23 heteroatoms. The second-order valence-corrected chi connectivity index (χ2v) is 11.9. The average Bonchev–Trinajstić information content (AvgIpc) is 3.31. The maximum atomic E-state index is 12.4. The number of nitrogens with zero attached hydrogens (tertiary/aromatic N) is 5. The maximum absolute atomic E-state index is 12.4. The van der Waals surface area contributed by atoms with Crippen LogP contribution in [-0.4, -0.2) is 79.3 Å². The number of aromatic nitrogens is 5. The molecule has 208 valence electrons. The molecule has 3 unspecified atom stereocenters. The Hall–Kier alpha value is -1.89. The van der Waals surface area contributed by atoms with Crippen molar-refractivity contribution in [3.63, 3.8) is 0 Å². The summed E-state index contributed by atoms with van der Waals surface area (Å²) in [4.78, 5) is 51.9. The predicted octanol–water partition coefficient (Wildman–Crippen LogP) is -2.01. The van der Waals surface area contributed by atoms with E-state index in [9.17, 15) is 38.5 Å². The minimum atomic E-state index is -5.76. The van der Waals surface area contributed by atoms with Crippen molar-refractivity contribution in [2.75, 3.05) is 12.3 Å². The van der Waals surface area contributed by atoms with E-state index in [0.29, 0.717) is 17.8 Å². The molecule has 1 aliphatic heterocycles. The number of anilines is 1. The van der Waals surface area contributed by atoms with Crippen LogP contribution in [0.1, 0.15) is 24.4 Å². The van der Waals surface area contributed by atoms with Crippen molar-refractivity contribution in [3.8, 4) is 0 Å². The Balaban J connectivity index is 1.73. The van der Waals surface area contributed by atoms with E-state index in [1.807, 2.05) is 6.92 Å². The zero-order chi connectivity index (χ0) is 27.8. The van der Waals surface area contributed by atoms with Gasteiger partial charge in [0.2, 0.25) is 0 Å². The molecule has 1 aliphatic rings. The number of aryl methyl sites for hydroxylation is 1. The van der Waals surface area contributed by atoms with Gasteiger partial charge in [-0.25, -0.2) is 18.5 Å². The Kier molecular flexibility index (Phi) is 8.88. The SMILES string of the molecule is CCn1cc(Cc2cn([C@@H]3O[C@H](COP(=O)(O)OP(=O)(O)OP(=O)(O)O)C(O)[C@@H]3O)c(=O)nc2N)nn1. The average molecular weight is 592 g/mol. The van der Waals surface area contributed by atoms with Crippen molar-refractivity contribution in [1.82, 2.24) is 24.5 Å². The van der Waals surface area contributed by atoms with Crippen LogP contribution >= 0.6 is 23.5 Å². The first-order valence-electron chi connectivity index (χ1n) is 10.1. The molecule has 0 amide bonds. The predicted molar refractivity (Wildman–Crippen MR) is 117 cm³/mol. The van der Waals surface area contributed by atoms with Crippen LogP contribution in [-0.2, 0) is 44.5 Å². The van der Waals surface area contributed by atoms with Crippen LogP contribution in [0.2, 0.25) is 0 Å². The molecule has 3 rings (SSSR count). The lowest BCUT2D eigenvalue weighted by Crippen LogP contribution is -2.36. The molecule has 1 saturated heterocycles. The fourth-order valence-corrected chi connectivity index (χ4v) is 6.21. The van der Waals surface area contributed by atoms with Gasteiger partial charge in [0, 0.05) is 30.9 Å². The van der Waals surface area contributed by atoms with Crippen molar-refractivity contribution in [3.05, 3.63) is 34.1 Å². The van der Waals surface area contributed by atoms with E-state index in [1.165, 1.54) is 6.20 Å². The van der Waals surface area contributed by atoms with E-state index in [-0.39, 0.29) is 12.2 Å². The third-order valence-corrected chi connectivity index (χ3v) is 8.57. The largest absolute Gasteiger partial charge is 0.490 e. The number of phosphoric ester groups is 1. The van der Waals surface area contributed by atoms with Crippen molar-refractivity contribution in [2.45, 2.75) is 44.4 Å². The molecule has 37 heavy (non-hydrogen) atoms. The van der Waals surface area contributed by atoms with Crippen LogP contribution < -0.4 is 11.4 Å². The van der Waals surface area contributed by atoms with Crippen LogP contribution in [0.25, 0.3) is 0 Å². The number of phosphoric acid groups is 3. The third kappa shape index (κ3) is 7.81. The lowest BCUT2D eigenvalue weighted by molar-refractivity contribution is -0.0542. The summed E-state index contributed by atoms with van der Waals surface area (Å²) >= 11 is 0. The fourth-order valence-electron chi connectivity index (χ4n) is 3.18. The molecule has 0 saturated carbocycles. The summed E-state index contributed by atoms with van der Waals surface area (Å²) in [6, 6.07) is 0. The van der Waals surface area contributed by atoms with E-state index >= 15 is 0 Å². The molecule has 0 radical (unpaired) electrons. The third-order valence-electron chi connectivity index (χ3n) is 4.77. The number of aliphatic hydroxyl groups excluding tert-OH is 2. The summed E-state index contributed by atoms with van der Waals surface area (Å²) in [5, 5.41) is 28.5. The molecule has 6 atom stereocenters. The van der Waals surface area contributed by atoms with Gasteiger partial charge in [-0.15, -0.1) is 5.10 Å². The summed E-state index contributed by atoms with van der Waals surface area (Å²) in [7, 11) is -16.9. The Bertz CT molecular complexity index is 1330. The number of nitrogens with two attached hydrogens (primary N) is 1. The Morgan fingerprint density at radius 3 is 2.35 bits per heavy atom. The summed E-state index contributed by atoms with van der Waals surface area (Å²) < 4.78 is 53.3. The highest BCUT2D eigenvalue weighted by atomic mass is 31.3. The molecule has 0 aliphatic carbocycles. The van der Waals surface area contributed by atoms with E-state index in [1.54, 1.807) is 10.9 Å². The molecule has 8 N–H and O–H groups in total. The first-order chi connectivity index (χ1) is 17.0. The van der Waals surface area contributed by atoms with Crippen LogP contribution in [0, 0.1) is 0 Å². The van der Waals surface area contributed by atoms with Gasteiger partial charge in [-0.05, 0) is 6.92 Å². The maximum Gasteiger partial charge on any atom is 0.490 e. The number of rotatable bonds is 11. The van der Waals surface area contributed by atoms with Crippen molar-refractivity contribution < 1.29 is 61.4 Å². The van der Waals surface area contributed by atoms with Gasteiger partial charge in [0.15, 0.2) is 6.23 Å². The molecule has 2 aromatic rings. The number of nitrogen functional groups attached to an aromatic ring is 1. The van der Waals surface area contributed by atoms with Gasteiger partial charge < -0.3 is 40.3 Å². The van der Waals surface area contributed by atoms with Gasteiger partial charge in [-0.3, -0.25) is 13.8 Å². The number of hydrogen-bond donors (Lipinski definition) is 7. The molecule has 0 aromatic carbocycles. The van der Waals surface area contributed by atoms with Crippen molar-refractivity contribution >= 4 is 29.3 Å². The van der Waals surface area contributed by atoms with Gasteiger partial charge in [0.1, 0.15) is 24.1 Å². The lowest BCUT2D eigenvalue weighted by atomic mass is 10.1. The number of hydrogen-bond acceptors (Lipinski definition) is 14. The molecule has 20 nitrogen and oxygen atoms in total. The first kappa shape index (κ1) is 29.7.